The highest BCUT2D eigenvalue weighted by Gasteiger charge is 2.44. The second kappa shape index (κ2) is 11.2. The molecule has 1 aliphatic heterocycles. The minimum absolute atomic E-state index is 0.204. The SMILES string of the molecule is CCCCCCc1ccc(C(=O)OC2COC([C@H](C)OC(C)=O)C2OC)cc1. The highest BCUT2D eigenvalue weighted by molar-refractivity contribution is 5.89. The summed E-state index contributed by atoms with van der Waals surface area (Å²) >= 11 is 0. The van der Waals surface area contributed by atoms with Gasteiger partial charge in [-0.15, -0.1) is 0 Å². The lowest BCUT2D eigenvalue weighted by molar-refractivity contribution is -0.155. The van der Waals surface area contributed by atoms with Gasteiger partial charge >= 0.3 is 11.9 Å². The van der Waals surface area contributed by atoms with Crippen LogP contribution in [-0.4, -0.2) is 50.1 Å². The first-order valence-electron chi connectivity index (χ1n) is 10.1. The maximum atomic E-state index is 12.5. The van der Waals surface area contributed by atoms with E-state index in [2.05, 4.69) is 6.92 Å². The second-order valence-corrected chi connectivity index (χ2v) is 7.26. The van der Waals surface area contributed by atoms with Crippen LogP contribution in [0.2, 0.25) is 0 Å². The maximum absolute atomic E-state index is 12.5. The van der Waals surface area contributed by atoms with Crippen LogP contribution >= 0.6 is 0 Å². The molecule has 28 heavy (non-hydrogen) atoms. The molecule has 6 nitrogen and oxygen atoms in total. The third-order valence-corrected chi connectivity index (χ3v) is 5.00. The molecule has 0 spiro atoms. The van der Waals surface area contributed by atoms with E-state index in [0.717, 1.165) is 12.8 Å². The highest BCUT2D eigenvalue weighted by Crippen LogP contribution is 2.25. The monoisotopic (exact) mass is 392 g/mol. The Morgan fingerprint density at radius 3 is 2.50 bits per heavy atom. The van der Waals surface area contributed by atoms with Crippen LogP contribution in [0.15, 0.2) is 24.3 Å². The minimum Gasteiger partial charge on any atom is -0.460 e. The molecule has 156 valence electrons. The number of esters is 2. The molecule has 1 aliphatic rings. The van der Waals surface area contributed by atoms with E-state index in [-0.39, 0.29) is 12.6 Å². The summed E-state index contributed by atoms with van der Waals surface area (Å²) in [5, 5.41) is 0. The lowest BCUT2D eigenvalue weighted by atomic mass is 10.0. The van der Waals surface area contributed by atoms with Crippen LogP contribution in [0, 0.1) is 0 Å². The van der Waals surface area contributed by atoms with Gasteiger partial charge in [0.2, 0.25) is 0 Å². The third-order valence-electron chi connectivity index (χ3n) is 5.00. The lowest BCUT2D eigenvalue weighted by Gasteiger charge is -2.25. The maximum Gasteiger partial charge on any atom is 0.338 e. The molecule has 0 radical (unpaired) electrons. The van der Waals surface area contributed by atoms with Crippen molar-refractivity contribution >= 4 is 11.9 Å². The Balaban J connectivity index is 1.90. The van der Waals surface area contributed by atoms with Gasteiger partial charge in [-0.05, 0) is 37.5 Å². The van der Waals surface area contributed by atoms with Crippen molar-refractivity contribution in [3.05, 3.63) is 35.4 Å². The van der Waals surface area contributed by atoms with Gasteiger partial charge in [-0.1, -0.05) is 38.3 Å². The van der Waals surface area contributed by atoms with Crippen molar-refractivity contribution in [2.75, 3.05) is 13.7 Å². The standard InChI is InChI=1S/C22H32O6/c1-5-6-7-8-9-17-10-12-18(13-11-17)22(24)28-19-14-26-20(21(19)25-4)15(2)27-16(3)23/h10-13,15,19-21H,5-9,14H2,1-4H3/t15-,19?,20?,21?/m0/s1. The van der Waals surface area contributed by atoms with Crippen LogP contribution in [0.3, 0.4) is 0 Å². The molecule has 0 bridgehead atoms. The molecule has 6 heteroatoms. The van der Waals surface area contributed by atoms with Gasteiger partial charge in [0.05, 0.1) is 12.2 Å². The molecule has 1 heterocycles. The Bertz CT molecular complexity index is 626. The van der Waals surface area contributed by atoms with Crippen molar-refractivity contribution in [1.29, 1.82) is 0 Å². The zero-order valence-electron chi connectivity index (χ0n) is 17.3. The molecule has 3 unspecified atom stereocenters. The molecule has 0 amide bonds. The highest BCUT2D eigenvalue weighted by atomic mass is 16.6. The fourth-order valence-electron chi connectivity index (χ4n) is 3.49. The number of aryl methyl sites for hydroxylation is 1. The number of hydrogen-bond donors (Lipinski definition) is 0. The summed E-state index contributed by atoms with van der Waals surface area (Å²) in [6.45, 7) is 5.49. The van der Waals surface area contributed by atoms with Crippen LogP contribution in [0.5, 0.6) is 0 Å². The Labute approximate surface area is 167 Å². The summed E-state index contributed by atoms with van der Waals surface area (Å²) in [5.74, 6) is -0.796. The molecule has 1 aromatic rings. The summed E-state index contributed by atoms with van der Waals surface area (Å²) in [4.78, 5) is 23.7. The number of benzene rings is 1. The molecular weight excluding hydrogens is 360 g/mol. The normalized spacial score (nSPS) is 22.6. The topological polar surface area (TPSA) is 71.1 Å². The van der Waals surface area contributed by atoms with Crippen LogP contribution in [-0.2, 0) is 30.2 Å². The van der Waals surface area contributed by atoms with Crippen molar-refractivity contribution < 1.29 is 28.5 Å². The number of carbonyl (C=O) groups excluding carboxylic acids is 2. The fraction of sp³-hybridized carbons (Fsp3) is 0.636. The van der Waals surface area contributed by atoms with Crippen LogP contribution in [0.4, 0.5) is 0 Å². The first-order chi connectivity index (χ1) is 13.5. The second-order valence-electron chi connectivity index (χ2n) is 7.26. The number of unbranched alkanes of at least 4 members (excludes halogenated alkanes) is 3. The Morgan fingerprint density at radius 1 is 1.18 bits per heavy atom. The largest absolute Gasteiger partial charge is 0.460 e. The fourth-order valence-corrected chi connectivity index (χ4v) is 3.49. The molecule has 0 saturated carbocycles. The zero-order chi connectivity index (χ0) is 20.5. The third kappa shape index (κ3) is 6.31. The van der Waals surface area contributed by atoms with Crippen molar-refractivity contribution in [2.24, 2.45) is 0 Å². The van der Waals surface area contributed by atoms with E-state index >= 15 is 0 Å². The van der Waals surface area contributed by atoms with Gasteiger partial charge in [0.1, 0.15) is 18.3 Å². The van der Waals surface area contributed by atoms with Crippen molar-refractivity contribution in [2.45, 2.75) is 77.3 Å². The number of hydrogen-bond acceptors (Lipinski definition) is 6. The summed E-state index contributed by atoms with van der Waals surface area (Å²) in [5.41, 5.74) is 1.73. The van der Waals surface area contributed by atoms with Crippen molar-refractivity contribution in [3.8, 4) is 0 Å². The number of carbonyl (C=O) groups is 2. The lowest BCUT2D eigenvalue weighted by Crippen LogP contribution is -2.42. The summed E-state index contributed by atoms with van der Waals surface area (Å²) in [7, 11) is 1.53. The van der Waals surface area contributed by atoms with E-state index < -0.39 is 30.4 Å². The van der Waals surface area contributed by atoms with Gasteiger partial charge in [-0.25, -0.2) is 4.79 Å². The van der Waals surface area contributed by atoms with E-state index in [9.17, 15) is 9.59 Å². The van der Waals surface area contributed by atoms with Crippen LogP contribution in [0.1, 0.15) is 62.4 Å². The van der Waals surface area contributed by atoms with Gasteiger partial charge in [0.25, 0.3) is 0 Å². The average molecular weight is 392 g/mol. The number of methoxy groups -OCH3 is 1. The Hall–Kier alpha value is -1.92. The van der Waals surface area contributed by atoms with Crippen molar-refractivity contribution in [3.63, 3.8) is 0 Å². The minimum atomic E-state index is -0.547. The molecule has 2 rings (SSSR count). The van der Waals surface area contributed by atoms with E-state index in [4.69, 9.17) is 18.9 Å². The van der Waals surface area contributed by atoms with Gasteiger partial charge in [0, 0.05) is 14.0 Å². The molecule has 1 aromatic carbocycles. The molecule has 0 N–H and O–H groups in total. The zero-order valence-corrected chi connectivity index (χ0v) is 17.3. The molecule has 0 aromatic heterocycles. The van der Waals surface area contributed by atoms with Crippen LogP contribution < -0.4 is 0 Å². The number of ether oxygens (including phenoxy) is 4. The van der Waals surface area contributed by atoms with Crippen LogP contribution in [0.25, 0.3) is 0 Å². The quantitative estimate of drug-likeness (QED) is 0.447. The Kier molecular flexibility index (Phi) is 8.93. The number of rotatable bonds is 10. The van der Waals surface area contributed by atoms with E-state index in [1.54, 1.807) is 19.1 Å². The summed E-state index contributed by atoms with van der Waals surface area (Å²) in [6.07, 6.45) is 3.89. The van der Waals surface area contributed by atoms with E-state index in [1.165, 1.54) is 38.9 Å². The van der Waals surface area contributed by atoms with Gasteiger partial charge < -0.3 is 18.9 Å². The van der Waals surface area contributed by atoms with Gasteiger partial charge in [0.15, 0.2) is 6.10 Å². The molecule has 0 aliphatic carbocycles. The molecule has 1 fully saturated rings. The Morgan fingerprint density at radius 2 is 1.89 bits per heavy atom. The van der Waals surface area contributed by atoms with E-state index in [0.29, 0.717) is 5.56 Å². The molecular formula is C22H32O6. The predicted octanol–water partition coefficient (Wildman–Crippen LogP) is 3.70. The van der Waals surface area contributed by atoms with Crippen molar-refractivity contribution in [1.82, 2.24) is 0 Å². The first kappa shape index (κ1) is 22.4. The summed E-state index contributed by atoms with van der Waals surface area (Å²) in [6, 6.07) is 7.56. The average Bonchev–Trinajstić information content (AvgIpc) is 3.08. The van der Waals surface area contributed by atoms with Gasteiger partial charge in [-0.3, -0.25) is 4.79 Å². The van der Waals surface area contributed by atoms with Gasteiger partial charge in [-0.2, -0.15) is 0 Å². The first-order valence-corrected chi connectivity index (χ1v) is 10.1. The predicted molar refractivity (Wildman–Crippen MR) is 105 cm³/mol. The summed E-state index contributed by atoms with van der Waals surface area (Å²) < 4.78 is 21.9. The van der Waals surface area contributed by atoms with E-state index in [1.807, 2.05) is 12.1 Å². The molecule has 4 atom stereocenters. The molecule has 1 saturated heterocycles. The smallest absolute Gasteiger partial charge is 0.338 e.